The number of nitrogens with one attached hydrogen (secondary N) is 1. The Morgan fingerprint density at radius 2 is 1.79 bits per heavy atom. The van der Waals surface area contributed by atoms with Gasteiger partial charge in [0.05, 0.1) is 11.2 Å². The minimum atomic E-state index is -3.67. The summed E-state index contributed by atoms with van der Waals surface area (Å²) in [5, 5.41) is 1.12. The molecule has 8 heteroatoms. The molecule has 2 aromatic carbocycles. The second-order valence-corrected chi connectivity index (χ2v) is 10.4. The molecule has 150 valence electrons. The predicted octanol–water partition coefficient (Wildman–Crippen LogP) is 3.20. The van der Waals surface area contributed by atoms with Crippen molar-refractivity contribution in [3.63, 3.8) is 0 Å². The Hall–Kier alpha value is -2.16. The lowest BCUT2D eigenvalue weighted by atomic mass is 10.0. The molecule has 28 heavy (non-hydrogen) atoms. The van der Waals surface area contributed by atoms with E-state index in [1.54, 1.807) is 12.1 Å². The van der Waals surface area contributed by atoms with Crippen molar-refractivity contribution < 1.29 is 16.8 Å². The first kappa shape index (κ1) is 20.6. The Morgan fingerprint density at radius 3 is 2.50 bits per heavy atom. The highest BCUT2D eigenvalue weighted by Crippen LogP contribution is 2.25. The molecule has 0 saturated heterocycles. The van der Waals surface area contributed by atoms with E-state index >= 15 is 0 Å². The van der Waals surface area contributed by atoms with Crippen LogP contribution in [0.4, 0.5) is 5.69 Å². The maximum Gasteiger partial charge on any atom is 0.255 e. The molecular weight excluding hydrogens is 396 g/mol. The third kappa shape index (κ3) is 5.21. The molecule has 1 aliphatic heterocycles. The van der Waals surface area contributed by atoms with Crippen LogP contribution in [0.25, 0.3) is 6.08 Å². The molecule has 0 radical (unpaired) electrons. The van der Waals surface area contributed by atoms with Crippen molar-refractivity contribution in [2.45, 2.75) is 26.3 Å². The van der Waals surface area contributed by atoms with Crippen molar-refractivity contribution in [3.05, 3.63) is 70.6 Å². The molecule has 1 N–H and O–H groups in total. The molecule has 1 aliphatic rings. The fraction of sp³-hybridized carbons (Fsp3) is 0.300. The number of nitrogens with zero attached hydrogens (tertiary/aromatic N) is 1. The number of hydrogen-bond acceptors (Lipinski definition) is 4. The van der Waals surface area contributed by atoms with Gasteiger partial charge in [-0.2, -0.15) is 4.31 Å². The lowest BCUT2D eigenvalue weighted by Crippen LogP contribution is -2.37. The molecule has 0 aromatic heterocycles. The largest absolute Gasteiger partial charge is 0.280 e. The van der Waals surface area contributed by atoms with Crippen LogP contribution in [0.15, 0.2) is 53.9 Å². The van der Waals surface area contributed by atoms with Gasteiger partial charge in [0.1, 0.15) is 0 Å². The third-order valence-corrected chi connectivity index (χ3v) is 7.58. The van der Waals surface area contributed by atoms with Crippen LogP contribution in [0.2, 0.25) is 0 Å². The van der Waals surface area contributed by atoms with Gasteiger partial charge in [0.2, 0.25) is 10.0 Å². The summed E-state index contributed by atoms with van der Waals surface area (Å²) in [5.41, 5.74) is 3.09. The highest BCUT2D eigenvalue weighted by molar-refractivity contribution is 7.95. The van der Waals surface area contributed by atoms with Gasteiger partial charge >= 0.3 is 0 Å². The average molecular weight is 421 g/mol. The minimum absolute atomic E-state index is 0.124. The van der Waals surface area contributed by atoms with Crippen molar-refractivity contribution >= 4 is 31.8 Å². The van der Waals surface area contributed by atoms with Crippen LogP contribution in [-0.4, -0.2) is 33.4 Å². The summed E-state index contributed by atoms with van der Waals surface area (Å²) in [5.74, 6) is 0.124. The number of rotatable bonds is 7. The van der Waals surface area contributed by atoms with Crippen LogP contribution in [0, 0.1) is 0 Å². The maximum atomic E-state index is 12.3. The third-order valence-electron chi connectivity index (χ3n) is 4.54. The molecule has 0 amide bonds. The number of fused-ring (bicyclic) bond motifs is 1. The minimum Gasteiger partial charge on any atom is -0.280 e. The van der Waals surface area contributed by atoms with E-state index in [1.165, 1.54) is 10.4 Å². The Kier molecular flexibility index (Phi) is 6.22. The Labute approximate surface area is 167 Å². The molecule has 6 nitrogen and oxygen atoms in total. The van der Waals surface area contributed by atoms with Crippen molar-refractivity contribution in [1.82, 2.24) is 4.31 Å². The van der Waals surface area contributed by atoms with Gasteiger partial charge in [-0.05, 0) is 47.7 Å². The standard InChI is InChI=1S/C20H24N2O4S2/c1-2-13-28(25,26)22-12-10-18-8-9-20(15-19(18)16-22)21-27(23,24)14-11-17-6-4-3-5-7-17/h3-9,11,14-15,21H,2,10,12-13,16H2,1H3. The average Bonchev–Trinajstić information content (AvgIpc) is 2.66. The Bertz CT molecular complexity index is 1060. The molecule has 0 atom stereocenters. The summed E-state index contributed by atoms with van der Waals surface area (Å²) in [6.45, 7) is 2.57. The van der Waals surface area contributed by atoms with Gasteiger partial charge in [0.15, 0.2) is 0 Å². The van der Waals surface area contributed by atoms with E-state index in [-0.39, 0.29) is 12.3 Å². The highest BCUT2D eigenvalue weighted by atomic mass is 32.2. The smallest absolute Gasteiger partial charge is 0.255 e. The van der Waals surface area contributed by atoms with Gasteiger partial charge in [-0.3, -0.25) is 4.72 Å². The van der Waals surface area contributed by atoms with E-state index in [2.05, 4.69) is 4.72 Å². The number of anilines is 1. The molecule has 3 rings (SSSR count). The van der Waals surface area contributed by atoms with Gasteiger partial charge in [0, 0.05) is 18.8 Å². The van der Waals surface area contributed by atoms with Crippen LogP contribution in [-0.2, 0) is 33.0 Å². The first-order valence-electron chi connectivity index (χ1n) is 9.15. The molecule has 0 fully saturated rings. The van der Waals surface area contributed by atoms with Gasteiger partial charge in [-0.1, -0.05) is 43.3 Å². The molecule has 0 spiro atoms. The van der Waals surface area contributed by atoms with Crippen LogP contribution >= 0.6 is 0 Å². The van der Waals surface area contributed by atoms with E-state index in [9.17, 15) is 16.8 Å². The molecule has 0 aliphatic carbocycles. The topological polar surface area (TPSA) is 83.6 Å². The summed E-state index contributed by atoms with van der Waals surface area (Å²) in [6.07, 6.45) is 2.72. The summed E-state index contributed by atoms with van der Waals surface area (Å²) in [6, 6.07) is 14.5. The first-order chi connectivity index (χ1) is 13.3. The fourth-order valence-electron chi connectivity index (χ4n) is 3.15. The quantitative estimate of drug-likeness (QED) is 0.746. The van der Waals surface area contributed by atoms with Crippen molar-refractivity contribution in [1.29, 1.82) is 0 Å². The van der Waals surface area contributed by atoms with E-state index in [0.29, 0.717) is 25.1 Å². The molecule has 0 bridgehead atoms. The lowest BCUT2D eigenvalue weighted by Gasteiger charge is -2.28. The summed E-state index contributed by atoms with van der Waals surface area (Å²) in [4.78, 5) is 0. The second kappa shape index (κ2) is 8.46. The van der Waals surface area contributed by atoms with E-state index in [4.69, 9.17) is 0 Å². The van der Waals surface area contributed by atoms with Crippen molar-refractivity contribution in [3.8, 4) is 0 Å². The highest BCUT2D eigenvalue weighted by Gasteiger charge is 2.26. The predicted molar refractivity (Wildman–Crippen MR) is 113 cm³/mol. The van der Waals surface area contributed by atoms with Crippen LogP contribution in [0.5, 0.6) is 0 Å². The van der Waals surface area contributed by atoms with E-state index < -0.39 is 20.0 Å². The summed E-state index contributed by atoms with van der Waals surface area (Å²) in [7, 11) is -6.95. The second-order valence-electron chi connectivity index (χ2n) is 6.74. The van der Waals surface area contributed by atoms with Crippen molar-refractivity contribution in [2.24, 2.45) is 0 Å². The molecular formula is C20H24N2O4S2. The van der Waals surface area contributed by atoms with E-state index in [0.717, 1.165) is 22.1 Å². The SMILES string of the molecule is CCCS(=O)(=O)N1CCc2ccc(NS(=O)(=O)C=Cc3ccccc3)cc2C1. The fourth-order valence-corrected chi connectivity index (χ4v) is 5.49. The van der Waals surface area contributed by atoms with Gasteiger partial charge in [-0.25, -0.2) is 16.8 Å². The molecule has 2 aromatic rings. The van der Waals surface area contributed by atoms with Crippen molar-refractivity contribution in [2.75, 3.05) is 17.0 Å². The Morgan fingerprint density at radius 1 is 1.04 bits per heavy atom. The Balaban J connectivity index is 1.76. The van der Waals surface area contributed by atoms with Gasteiger partial charge in [-0.15, -0.1) is 0 Å². The summed E-state index contributed by atoms with van der Waals surface area (Å²) >= 11 is 0. The number of sulfonamides is 2. The number of benzene rings is 2. The first-order valence-corrected chi connectivity index (χ1v) is 12.3. The molecule has 1 heterocycles. The van der Waals surface area contributed by atoms with Crippen LogP contribution < -0.4 is 4.72 Å². The summed E-state index contributed by atoms with van der Waals surface area (Å²) < 4.78 is 53.4. The maximum absolute atomic E-state index is 12.3. The van der Waals surface area contributed by atoms with Gasteiger partial charge < -0.3 is 0 Å². The molecule has 0 unspecified atom stereocenters. The molecule has 0 saturated carbocycles. The zero-order chi connectivity index (χ0) is 20.2. The van der Waals surface area contributed by atoms with Crippen LogP contribution in [0.3, 0.4) is 0 Å². The van der Waals surface area contributed by atoms with Gasteiger partial charge in [0.25, 0.3) is 10.0 Å². The van der Waals surface area contributed by atoms with Crippen LogP contribution in [0.1, 0.15) is 30.0 Å². The normalized spacial score (nSPS) is 15.5. The zero-order valence-electron chi connectivity index (χ0n) is 15.7. The van der Waals surface area contributed by atoms with E-state index in [1.807, 2.05) is 43.3 Å². The monoisotopic (exact) mass is 420 g/mol. The number of hydrogen-bond donors (Lipinski definition) is 1. The lowest BCUT2D eigenvalue weighted by molar-refractivity contribution is 0.391. The zero-order valence-corrected chi connectivity index (χ0v) is 17.3.